The van der Waals surface area contributed by atoms with E-state index in [1.807, 2.05) is 24.3 Å². The predicted octanol–water partition coefficient (Wildman–Crippen LogP) is 4.65. The number of ketones is 2. The van der Waals surface area contributed by atoms with Crippen LogP contribution in [-0.4, -0.2) is 29.6 Å². The summed E-state index contributed by atoms with van der Waals surface area (Å²) in [6.07, 6.45) is 3.47. The van der Waals surface area contributed by atoms with Gasteiger partial charge in [-0.1, -0.05) is 51.1 Å². The molecule has 0 saturated carbocycles. The van der Waals surface area contributed by atoms with Crippen molar-refractivity contribution < 1.29 is 19.1 Å². The second-order valence-electron chi connectivity index (χ2n) is 9.14. The maximum absolute atomic E-state index is 13.3. The summed E-state index contributed by atoms with van der Waals surface area (Å²) in [4.78, 5) is 45.2. The lowest BCUT2D eigenvalue weighted by Crippen LogP contribution is -2.35. The van der Waals surface area contributed by atoms with Crippen molar-refractivity contribution in [3.05, 3.63) is 78.6 Å². The number of hydrogen-bond acceptors (Lipinski definition) is 5. The van der Waals surface area contributed by atoms with Crippen LogP contribution in [0.5, 0.6) is 5.75 Å². The Balaban J connectivity index is 1.79. The van der Waals surface area contributed by atoms with Crippen molar-refractivity contribution in [3.63, 3.8) is 0 Å². The highest BCUT2D eigenvalue weighted by molar-refractivity contribution is 6.48. The predicted molar refractivity (Wildman–Crippen MR) is 126 cm³/mol. The lowest BCUT2D eigenvalue weighted by Gasteiger charge is -2.30. The van der Waals surface area contributed by atoms with Crippen LogP contribution in [0.4, 0.5) is 5.69 Å². The molecule has 1 aliphatic heterocycles. The van der Waals surface area contributed by atoms with Crippen molar-refractivity contribution in [1.29, 1.82) is 0 Å². The molecule has 2 aromatic carbocycles. The molecule has 4 rings (SSSR count). The summed E-state index contributed by atoms with van der Waals surface area (Å²) in [6.45, 7) is 5.30. The largest absolute Gasteiger partial charge is 0.497 e. The summed E-state index contributed by atoms with van der Waals surface area (Å²) < 4.78 is 5.25. The zero-order chi connectivity index (χ0) is 23.8. The molecule has 6 nitrogen and oxygen atoms in total. The molecular formula is C27H26N2O4. The van der Waals surface area contributed by atoms with Crippen LogP contribution in [0.1, 0.15) is 32.4 Å². The molecule has 2 heterocycles. The number of carbonyl (C=O) groups is 3. The SMILES string of the molecule is COc1ccc(C2C(C(=O)C(C)(C)C)C(=O)C(=O)N2c2ccc(-c3cccnc3)cc2)cc1. The smallest absolute Gasteiger partial charge is 0.295 e. The number of ether oxygens (including phenoxy) is 1. The number of nitrogens with zero attached hydrogens (tertiary/aromatic N) is 2. The summed E-state index contributed by atoms with van der Waals surface area (Å²) in [5.74, 6) is -2.03. The quantitative estimate of drug-likeness (QED) is 0.425. The first-order chi connectivity index (χ1) is 15.7. The van der Waals surface area contributed by atoms with Crippen molar-refractivity contribution in [2.75, 3.05) is 12.0 Å². The molecule has 0 spiro atoms. The van der Waals surface area contributed by atoms with Crippen molar-refractivity contribution >= 4 is 23.2 Å². The van der Waals surface area contributed by atoms with Gasteiger partial charge in [0, 0.05) is 23.5 Å². The topological polar surface area (TPSA) is 76.6 Å². The van der Waals surface area contributed by atoms with E-state index in [4.69, 9.17) is 4.74 Å². The number of hydrogen-bond donors (Lipinski definition) is 0. The number of Topliss-reactive ketones (excluding diaryl/α,β-unsaturated/α-hetero) is 2. The van der Waals surface area contributed by atoms with Crippen molar-refractivity contribution in [2.45, 2.75) is 26.8 Å². The second-order valence-corrected chi connectivity index (χ2v) is 9.14. The van der Waals surface area contributed by atoms with Crippen LogP contribution in [0.2, 0.25) is 0 Å². The number of aromatic nitrogens is 1. The minimum absolute atomic E-state index is 0.254. The minimum atomic E-state index is -1.08. The van der Waals surface area contributed by atoms with Crippen LogP contribution >= 0.6 is 0 Å². The first-order valence-corrected chi connectivity index (χ1v) is 10.8. The Hall–Kier alpha value is -3.80. The molecule has 2 atom stereocenters. The van der Waals surface area contributed by atoms with Crippen molar-refractivity contribution in [1.82, 2.24) is 4.98 Å². The number of rotatable bonds is 5. The molecule has 3 aromatic rings. The average Bonchev–Trinajstić information content (AvgIpc) is 3.09. The van der Waals surface area contributed by atoms with E-state index >= 15 is 0 Å². The Labute approximate surface area is 193 Å². The third kappa shape index (κ3) is 4.16. The van der Waals surface area contributed by atoms with Gasteiger partial charge in [-0.05, 0) is 47.0 Å². The van der Waals surface area contributed by atoms with Gasteiger partial charge in [0.25, 0.3) is 5.91 Å². The van der Waals surface area contributed by atoms with Gasteiger partial charge in [-0.2, -0.15) is 0 Å². The molecular weight excluding hydrogens is 416 g/mol. The fourth-order valence-corrected chi connectivity index (χ4v) is 4.17. The van der Waals surface area contributed by atoms with Crippen LogP contribution in [0.15, 0.2) is 73.1 Å². The molecule has 0 bridgehead atoms. The maximum Gasteiger partial charge on any atom is 0.295 e. The Morgan fingerprint density at radius 2 is 1.61 bits per heavy atom. The molecule has 6 heteroatoms. The molecule has 168 valence electrons. The molecule has 0 N–H and O–H groups in total. The van der Waals surface area contributed by atoms with Crippen LogP contribution < -0.4 is 9.64 Å². The number of anilines is 1. The van der Waals surface area contributed by atoms with E-state index in [2.05, 4.69) is 4.98 Å². The van der Waals surface area contributed by atoms with Gasteiger partial charge < -0.3 is 4.74 Å². The van der Waals surface area contributed by atoms with E-state index in [1.165, 1.54) is 4.90 Å². The number of methoxy groups -OCH3 is 1. The normalized spacial score (nSPS) is 18.5. The lowest BCUT2D eigenvalue weighted by molar-refractivity contribution is -0.141. The van der Waals surface area contributed by atoms with Gasteiger partial charge in [-0.15, -0.1) is 0 Å². The highest BCUT2D eigenvalue weighted by Crippen LogP contribution is 2.43. The van der Waals surface area contributed by atoms with Crippen LogP contribution in [0.3, 0.4) is 0 Å². The highest BCUT2D eigenvalue weighted by Gasteiger charge is 2.54. The van der Waals surface area contributed by atoms with Gasteiger partial charge in [0.2, 0.25) is 5.78 Å². The zero-order valence-electron chi connectivity index (χ0n) is 19.1. The molecule has 1 saturated heterocycles. The van der Waals surface area contributed by atoms with E-state index in [9.17, 15) is 14.4 Å². The van der Waals surface area contributed by atoms with Crippen LogP contribution in [-0.2, 0) is 14.4 Å². The van der Waals surface area contributed by atoms with Gasteiger partial charge in [-0.25, -0.2) is 0 Å². The monoisotopic (exact) mass is 442 g/mol. The first kappa shape index (κ1) is 22.4. The standard InChI is InChI=1S/C27H26N2O4/c1-27(2,3)25(31)22-23(18-9-13-21(33-4)14-10-18)29(26(32)24(22)30)20-11-7-17(8-12-20)19-6-5-15-28-16-19/h5-16,22-23H,1-4H3. The highest BCUT2D eigenvalue weighted by atomic mass is 16.5. The minimum Gasteiger partial charge on any atom is -0.497 e. The Kier molecular flexibility index (Phi) is 5.85. The Morgan fingerprint density at radius 3 is 2.15 bits per heavy atom. The van der Waals surface area contributed by atoms with E-state index in [0.29, 0.717) is 17.0 Å². The van der Waals surface area contributed by atoms with E-state index in [-0.39, 0.29) is 5.78 Å². The van der Waals surface area contributed by atoms with E-state index in [0.717, 1.165) is 11.1 Å². The molecule has 33 heavy (non-hydrogen) atoms. The van der Waals surface area contributed by atoms with Crippen molar-refractivity contribution in [3.8, 4) is 16.9 Å². The van der Waals surface area contributed by atoms with Gasteiger partial charge in [0.05, 0.1) is 13.2 Å². The van der Waals surface area contributed by atoms with Crippen LogP contribution in [0, 0.1) is 11.3 Å². The fourth-order valence-electron chi connectivity index (χ4n) is 4.17. The van der Waals surface area contributed by atoms with Gasteiger partial charge in [0.15, 0.2) is 5.78 Å². The molecule has 0 aliphatic carbocycles. The zero-order valence-corrected chi connectivity index (χ0v) is 19.1. The fraction of sp³-hybridized carbons (Fsp3) is 0.259. The lowest BCUT2D eigenvalue weighted by atomic mass is 9.77. The molecule has 1 aliphatic rings. The second kappa shape index (κ2) is 8.62. The van der Waals surface area contributed by atoms with Gasteiger partial charge >= 0.3 is 0 Å². The summed E-state index contributed by atoms with van der Waals surface area (Å²) in [7, 11) is 1.57. The Morgan fingerprint density at radius 1 is 0.939 bits per heavy atom. The first-order valence-electron chi connectivity index (χ1n) is 10.8. The van der Waals surface area contributed by atoms with Crippen LogP contribution in [0.25, 0.3) is 11.1 Å². The number of carbonyl (C=O) groups excluding carboxylic acids is 3. The maximum atomic E-state index is 13.3. The molecule has 1 aromatic heterocycles. The van der Waals surface area contributed by atoms with Gasteiger partial charge in [0.1, 0.15) is 11.7 Å². The third-order valence-corrected chi connectivity index (χ3v) is 5.93. The molecule has 1 fully saturated rings. The van der Waals surface area contributed by atoms with E-state index < -0.39 is 29.1 Å². The molecule has 1 amide bonds. The third-order valence-electron chi connectivity index (χ3n) is 5.93. The average molecular weight is 443 g/mol. The molecule has 2 unspecified atom stereocenters. The number of benzene rings is 2. The summed E-state index contributed by atoms with van der Waals surface area (Å²) in [5.41, 5.74) is 2.37. The summed E-state index contributed by atoms with van der Waals surface area (Å²) >= 11 is 0. The van der Waals surface area contributed by atoms with Crippen molar-refractivity contribution in [2.24, 2.45) is 11.3 Å². The molecule has 0 radical (unpaired) electrons. The number of amides is 1. The van der Waals surface area contributed by atoms with E-state index in [1.54, 1.807) is 76.7 Å². The summed E-state index contributed by atoms with van der Waals surface area (Å²) in [5, 5.41) is 0. The summed E-state index contributed by atoms with van der Waals surface area (Å²) in [6, 6.07) is 17.6. The van der Waals surface area contributed by atoms with Gasteiger partial charge in [-0.3, -0.25) is 24.3 Å². The Bertz CT molecular complexity index is 1180. The number of pyridine rings is 1.